The third-order valence-corrected chi connectivity index (χ3v) is 3.54. The van der Waals surface area contributed by atoms with E-state index in [9.17, 15) is 4.79 Å². The number of carbonyl (C=O) groups is 1. The van der Waals surface area contributed by atoms with E-state index in [2.05, 4.69) is 17.2 Å². The summed E-state index contributed by atoms with van der Waals surface area (Å²) in [5, 5.41) is 2.98. The molecule has 1 fully saturated rings. The van der Waals surface area contributed by atoms with Crippen LogP contribution in [-0.2, 0) is 11.2 Å². The van der Waals surface area contributed by atoms with Crippen LogP contribution in [0.5, 0.6) is 0 Å². The molecule has 2 aromatic heterocycles. The van der Waals surface area contributed by atoms with E-state index in [4.69, 9.17) is 0 Å². The lowest BCUT2D eigenvalue weighted by atomic mass is 10.3. The molecular weight excluding hydrogens is 226 g/mol. The van der Waals surface area contributed by atoms with Gasteiger partial charge in [0.2, 0.25) is 5.91 Å². The van der Waals surface area contributed by atoms with E-state index in [1.54, 1.807) is 0 Å². The highest BCUT2D eigenvalue weighted by molar-refractivity contribution is 5.81. The highest BCUT2D eigenvalue weighted by atomic mass is 16.2. The number of imidazole rings is 1. The second-order valence-corrected chi connectivity index (χ2v) is 5.06. The average Bonchev–Trinajstić information content (AvgIpc) is 2.95. The smallest absolute Gasteiger partial charge is 0.223 e. The van der Waals surface area contributed by atoms with Crippen molar-refractivity contribution < 1.29 is 4.79 Å². The number of hydrogen-bond donors (Lipinski definition) is 1. The molecule has 2 unspecified atom stereocenters. The van der Waals surface area contributed by atoms with E-state index < -0.39 is 0 Å². The molecule has 18 heavy (non-hydrogen) atoms. The number of rotatable bonds is 4. The van der Waals surface area contributed by atoms with Crippen molar-refractivity contribution in [1.82, 2.24) is 14.7 Å². The Morgan fingerprint density at radius 1 is 1.56 bits per heavy atom. The number of aromatic nitrogens is 2. The maximum Gasteiger partial charge on any atom is 0.223 e. The summed E-state index contributed by atoms with van der Waals surface area (Å²) in [5.41, 5.74) is 1.97. The zero-order valence-electron chi connectivity index (χ0n) is 10.5. The lowest BCUT2D eigenvalue weighted by Crippen LogP contribution is -2.27. The fourth-order valence-corrected chi connectivity index (χ4v) is 2.24. The van der Waals surface area contributed by atoms with Gasteiger partial charge in [-0.1, -0.05) is 13.0 Å². The Bertz CT molecular complexity index is 542. The molecule has 0 aromatic carbocycles. The third-order valence-electron chi connectivity index (χ3n) is 3.54. The molecule has 2 aromatic rings. The van der Waals surface area contributed by atoms with Crippen LogP contribution >= 0.6 is 0 Å². The van der Waals surface area contributed by atoms with Crippen molar-refractivity contribution >= 4 is 11.6 Å². The Hall–Kier alpha value is -1.84. The van der Waals surface area contributed by atoms with Gasteiger partial charge in [-0.05, 0) is 24.5 Å². The normalized spacial score (nSPS) is 22.1. The minimum atomic E-state index is 0.200. The molecule has 0 saturated heterocycles. The number of carbonyl (C=O) groups excluding carboxylic acids is 1. The fraction of sp³-hybridized carbons (Fsp3) is 0.429. The van der Waals surface area contributed by atoms with E-state index in [0.717, 1.165) is 24.2 Å². The summed E-state index contributed by atoms with van der Waals surface area (Å²) < 4.78 is 2.00. The Morgan fingerprint density at radius 2 is 2.39 bits per heavy atom. The van der Waals surface area contributed by atoms with E-state index >= 15 is 0 Å². The highest BCUT2D eigenvalue weighted by Crippen LogP contribution is 2.37. The number of fused-ring (bicyclic) bond motifs is 1. The van der Waals surface area contributed by atoms with Crippen LogP contribution in [-0.4, -0.2) is 21.8 Å². The topological polar surface area (TPSA) is 46.4 Å². The van der Waals surface area contributed by atoms with Gasteiger partial charge in [0, 0.05) is 31.3 Å². The summed E-state index contributed by atoms with van der Waals surface area (Å²) in [7, 11) is 0. The van der Waals surface area contributed by atoms with Gasteiger partial charge in [0.15, 0.2) is 0 Å². The van der Waals surface area contributed by atoms with Gasteiger partial charge >= 0.3 is 0 Å². The van der Waals surface area contributed by atoms with Crippen LogP contribution in [0.25, 0.3) is 5.65 Å². The summed E-state index contributed by atoms with van der Waals surface area (Å²) in [5.74, 6) is 1.03. The van der Waals surface area contributed by atoms with Gasteiger partial charge in [0.05, 0.1) is 5.69 Å². The van der Waals surface area contributed by atoms with E-state index in [0.29, 0.717) is 12.5 Å². The summed E-state index contributed by atoms with van der Waals surface area (Å²) in [6.45, 7) is 2.79. The van der Waals surface area contributed by atoms with Crippen molar-refractivity contribution in [2.24, 2.45) is 11.8 Å². The van der Waals surface area contributed by atoms with Crippen molar-refractivity contribution in [2.45, 2.75) is 19.8 Å². The molecule has 0 aliphatic heterocycles. The maximum atomic E-state index is 11.6. The van der Waals surface area contributed by atoms with Gasteiger partial charge in [-0.25, -0.2) is 4.98 Å². The summed E-state index contributed by atoms with van der Waals surface area (Å²) in [6, 6.07) is 5.94. The molecule has 4 heteroatoms. The van der Waals surface area contributed by atoms with Gasteiger partial charge in [-0.3, -0.25) is 4.79 Å². The molecule has 4 nitrogen and oxygen atoms in total. The standard InChI is InChI=1S/C14H17N3O/c1-10-8-12(10)14(18)15-6-5-11-9-17-7-3-2-4-13(17)16-11/h2-4,7,9-10,12H,5-6,8H2,1H3,(H,15,18). The van der Waals surface area contributed by atoms with Crippen molar-refractivity contribution in [1.29, 1.82) is 0 Å². The Kier molecular flexibility index (Phi) is 2.78. The highest BCUT2D eigenvalue weighted by Gasteiger charge is 2.38. The number of nitrogens with one attached hydrogen (secondary N) is 1. The van der Waals surface area contributed by atoms with Crippen LogP contribution in [0.1, 0.15) is 19.0 Å². The first-order chi connectivity index (χ1) is 8.74. The fourth-order valence-electron chi connectivity index (χ4n) is 2.24. The SMILES string of the molecule is CC1CC1C(=O)NCCc1cn2ccccc2n1. The molecule has 1 aliphatic carbocycles. The molecule has 3 rings (SSSR count). The molecule has 2 atom stereocenters. The zero-order valence-corrected chi connectivity index (χ0v) is 10.5. The second-order valence-electron chi connectivity index (χ2n) is 5.06. The van der Waals surface area contributed by atoms with Crippen molar-refractivity contribution in [3.8, 4) is 0 Å². The first-order valence-corrected chi connectivity index (χ1v) is 6.44. The molecule has 2 heterocycles. The van der Waals surface area contributed by atoms with Crippen molar-refractivity contribution in [2.75, 3.05) is 6.54 Å². The Balaban J connectivity index is 1.55. The number of hydrogen-bond acceptors (Lipinski definition) is 2. The maximum absolute atomic E-state index is 11.6. The minimum absolute atomic E-state index is 0.200. The van der Waals surface area contributed by atoms with E-state index in [-0.39, 0.29) is 11.8 Å². The lowest BCUT2D eigenvalue weighted by molar-refractivity contribution is -0.122. The van der Waals surface area contributed by atoms with Crippen molar-refractivity contribution in [3.63, 3.8) is 0 Å². The molecule has 0 radical (unpaired) electrons. The molecule has 1 saturated carbocycles. The molecule has 0 spiro atoms. The van der Waals surface area contributed by atoms with Crippen LogP contribution in [0, 0.1) is 11.8 Å². The van der Waals surface area contributed by atoms with Crippen LogP contribution in [0.3, 0.4) is 0 Å². The zero-order chi connectivity index (χ0) is 12.5. The van der Waals surface area contributed by atoms with Crippen LogP contribution in [0.2, 0.25) is 0 Å². The number of pyridine rings is 1. The number of amides is 1. The predicted octanol–water partition coefficient (Wildman–Crippen LogP) is 1.65. The minimum Gasteiger partial charge on any atom is -0.355 e. The summed E-state index contributed by atoms with van der Waals surface area (Å²) in [4.78, 5) is 16.1. The van der Waals surface area contributed by atoms with Crippen molar-refractivity contribution in [3.05, 3.63) is 36.3 Å². The van der Waals surface area contributed by atoms with Gasteiger partial charge in [-0.15, -0.1) is 0 Å². The molecule has 1 aliphatic rings. The molecule has 1 amide bonds. The van der Waals surface area contributed by atoms with Gasteiger partial charge in [-0.2, -0.15) is 0 Å². The van der Waals surface area contributed by atoms with E-state index in [1.807, 2.05) is 35.0 Å². The quantitative estimate of drug-likeness (QED) is 0.887. The Labute approximate surface area is 106 Å². The molecule has 94 valence electrons. The molecular formula is C14H17N3O. The predicted molar refractivity (Wildman–Crippen MR) is 69.2 cm³/mol. The number of nitrogens with zero attached hydrogens (tertiary/aromatic N) is 2. The molecule has 0 bridgehead atoms. The van der Waals surface area contributed by atoms with E-state index in [1.165, 1.54) is 0 Å². The van der Waals surface area contributed by atoms with Gasteiger partial charge in [0.1, 0.15) is 5.65 Å². The third kappa shape index (κ3) is 2.23. The van der Waals surface area contributed by atoms with Crippen LogP contribution < -0.4 is 5.32 Å². The molecule has 1 N–H and O–H groups in total. The van der Waals surface area contributed by atoms with Gasteiger partial charge < -0.3 is 9.72 Å². The first-order valence-electron chi connectivity index (χ1n) is 6.44. The van der Waals surface area contributed by atoms with Gasteiger partial charge in [0.25, 0.3) is 0 Å². The Morgan fingerprint density at radius 3 is 3.11 bits per heavy atom. The van der Waals surface area contributed by atoms with Crippen LogP contribution in [0.4, 0.5) is 0 Å². The van der Waals surface area contributed by atoms with Crippen LogP contribution in [0.15, 0.2) is 30.6 Å². The lowest BCUT2D eigenvalue weighted by Gasteiger charge is -2.02. The first kappa shape index (κ1) is 11.3. The second kappa shape index (κ2) is 4.44. The summed E-state index contributed by atoms with van der Waals surface area (Å²) in [6.07, 6.45) is 5.83. The monoisotopic (exact) mass is 243 g/mol. The summed E-state index contributed by atoms with van der Waals surface area (Å²) >= 11 is 0. The largest absolute Gasteiger partial charge is 0.355 e. The average molecular weight is 243 g/mol.